The molecule has 0 aromatic heterocycles. The number of alkyl halides is 2. The number of anilines is 2. The SMILES string of the molecule is C=C1C(=O)N(c2cc(OC)c(OC)c(OC)c2)[C@H]1c1ccc(OC)c(O)c1.C=C1C(=O)N(c2cc(OC)c(OC)c(OC)c2)[C@H]1c1ccc(OC)c(OCCCl)c1.CCCBr. The number of nitrogens with zero attached hydrogens (tertiary/aromatic N) is 2. The molecule has 2 heterocycles. The number of hydrogen-bond acceptors (Lipinski definition) is 12. The number of phenols is 1. The van der Waals surface area contributed by atoms with Crippen LogP contribution in [0.4, 0.5) is 11.4 Å². The Bertz CT molecular complexity index is 2160. The first kappa shape index (κ1) is 47.7. The third-order valence-corrected chi connectivity index (χ3v) is 10.5. The number of ether oxygens (including phenoxy) is 9. The van der Waals surface area contributed by atoms with E-state index in [4.69, 9.17) is 54.2 Å². The molecule has 14 nitrogen and oxygen atoms in total. The number of β-lactam (4-membered cyclic amide) rings is 2. The van der Waals surface area contributed by atoms with E-state index in [-0.39, 0.29) is 23.6 Å². The van der Waals surface area contributed by atoms with Crippen LogP contribution in [0.3, 0.4) is 0 Å². The Hall–Kier alpha value is -5.93. The summed E-state index contributed by atoms with van der Waals surface area (Å²) in [7, 11) is 12.2. The molecule has 4 aromatic rings. The minimum Gasteiger partial charge on any atom is -0.504 e. The third kappa shape index (κ3) is 10.0. The Labute approximate surface area is 370 Å². The maximum atomic E-state index is 12.7. The molecule has 0 radical (unpaired) electrons. The number of carbonyl (C=O) groups excluding carboxylic acids is 2. The van der Waals surface area contributed by atoms with Crippen molar-refractivity contribution in [3.63, 3.8) is 0 Å². The second-order valence-electron chi connectivity index (χ2n) is 13.0. The Balaban J connectivity index is 0.000000248. The van der Waals surface area contributed by atoms with Gasteiger partial charge >= 0.3 is 0 Å². The highest BCUT2D eigenvalue weighted by Gasteiger charge is 2.45. The van der Waals surface area contributed by atoms with E-state index in [1.54, 1.807) is 65.4 Å². The number of carbonyl (C=O) groups is 2. The molecular formula is C45H52BrClN2O12. The molecule has 2 aliphatic heterocycles. The molecule has 2 atom stereocenters. The number of hydrogen-bond donors (Lipinski definition) is 1. The minimum absolute atomic E-state index is 0.00742. The van der Waals surface area contributed by atoms with Gasteiger partial charge in [-0.05, 0) is 41.8 Å². The van der Waals surface area contributed by atoms with Crippen LogP contribution in [0, 0.1) is 0 Å². The molecule has 1 N–H and O–H groups in total. The first-order valence-corrected chi connectivity index (χ1v) is 20.5. The van der Waals surface area contributed by atoms with Crippen molar-refractivity contribution < 1.29 is 57.3 Å². The van der Waals surface area contributed by atoms with Gasteiger partial charge in [0.1, 0.15) is 6.61 Å². The zero-order valence-corrected chi connectivity index (χ0v) is 38.1. The van der Waals surface area contributed by atoms with Crippen LogP contribution in [-0.2, 0) is 9.59 Å². The first-order chi connectivity index (χ1) is 29.4. The summed E-state index contributed by atoms with van der Waals surface area (Å²) in [4.78, 5) is 28.4. The molecule has 4 aromatic carbocycles. The van der Waals surface area contributed by atoms with E-state index in [9.17, 15) is 14.7 Å². The second-order valence-corrected chi connectivity index (χ2v) is 14.2. The van der Waals surface area contributed by atoms with E-state index in [2.05, 4.69) is 36.0 Å². The number of rotatable bonds is 16. The summed E-state index contributed by atoms with van der Waals surface area (Å²) >= 11 is 9.00. The molecule has 61 heavy (non-hydrogen) atoms. The van der Waals surface area contributed by atoms with Crippen LogP contribution in [-0.4, -0.2) is 91.6 Å². The van der Waals surface area contributed by atoms with Gasteiger partial charge in [-0.2, -0.15) is 0 Å². The van der Waals surface area contributed by atoms with Gasteiger partial charge in [-0.1, -0.05) is 48.1 Å². The third-order valence-electron chi connectivity index (χ3n) is 9.56. The zero-order valence-electron chi connectivity index (χ0n) is 35.8. The lowest BCUT2D eigenvalue weighted by molar-refractivity contribution is -0.119. The lowest BCUT2D eigenvalue weighted by Gasteiger charge is -2.42. The fourth-order valence-electron chi connectivity index (χ4n) is 6.60. The fourth-order valence-corrected chi connectivity index (χ4v) is 6.68. The summed E-state index contributed by atoms with van der Waals surface area (Å²) in [6.07, 6.45) is 1.24. The van der Waals surface area contributed by atoms with E-state index in [0.29, 0.717) is 92.3 Å². The monoisotopic (exact) mass is 926 g/mol. The van der Waals surface area contributed by atoms with Crippen molar-refractivity contribution in [2.45, 2.75) is 25.4 Å². The van der Waals surface area contributed by atoms with Crippen molar-refractivity contribution >= 4 is 50.7 Å². The summed E-state index contributed by atoms with van der Waals surface area (Å²) in [6, 6.07) is 16.6. The van der Waals surface area contributed by atoms with Crippen LogP contribution in [0.2, 0.25) is 0 Å². The van der Waals surface area contributed by atoms with E-state index < -0.39 is 6.04 Å². The lowest BCUT2D eigenvalue weighted by atomic mass is 9.88. The van der Waals surface area contributed by atoms with Crippen LogP contribution >= 0.6 is 27.5 Å². The quantitative estimate of drug-likeness (QED) is 0.0652. The smallest absolute Gasteiger partial charge is 0.256 e. The van der Waals surface area contributed by atoms with Crippen LogP contribution in [0.5, 0.6) is 57.5 Å². The van der Waals surface area contributed by atoms with Gasteiger partial charge in [0.2, 0.25) is 11.5 Å². The van der Waals surface area contributed by atoms with Crippen molar-refractivity contribution in [1.29, 1.82) is 0 Å². The Kier molecular flexibility index (Phi) is 17.3. The maximum Gasteiger partial charge on any atom is 0.256 e. The van der Waals surface area contributed by atoms with Gasteiger partial charge in [0.05, 0.1) is 86.2 Å². The second kappa shape index (κ2) is 22.1. The average molecular weight is 928 g/mol. The molecule has 2 amide bonds. The highest BCUT2D eigenvalue weighted by molar-refractivity contribution is 9.09. The Morgan fingerprint density at radius 1 is 0.590 bits per heavy atom. The molecule has 328 valence electrons. The highest BCUT2D eigenvalue weighted by Crippen LogP contribution is 2.50. The van der Waals surface area contributed by atoms with Crippen molar-refractivity contribution in [2.75, 3.05) is 84.5 Å². The summed E-state index contributed by atoms with van der Waals surface area (Å²) in [6.45, 7) is 10.3. The number of aromatic hydroxyl groups is 1. The molecule has 0 bridgehead atoms. The molecule has 0 spiro atoms. The molecule has 6 rings (SSSR count). The molecule has 2 fully saturated rings. The molecule has 2 aliphatic rings. The molecule has 0 aliphatic carbocycles. The average Bonchev–Trinajstić information content (AvgIpc) is 3.29. The van der Waals surface area contributed by atoms with Crippen LogP contribution in [0.1, 0.15) is 36.6 Å². The number of halogens is 2. The van der Waals surface area contributed by atoms with E-state index in [1.807, 2.05) is 12.1 Å². The van der Waals surface area contributed by atoms with Crippen molar-refractivity contribution in [2.24, 2.45) is 0 Å². The normalized spacial score (nSPS) is 15.2. The predicted molar refractivity (Wildman–Crippen MR) is 239 cm³/mol. The number of amides is 2. The van der Waals surface area contributed by atoms with Gasteiger partial charge in [0.15, 0.2) is 46.0 Å². The molecule has 16 heteroatoms. The summed E-state index contributed by atoms with van der Waals surface area (Å²) < 4.78 is 48.4. The van der Waals surface area contributed by atoms with Crippen molar-refractivity contribution in [3.8, 4) is 57.5 Å². The molecular weight excluding hydrogens is 876 g/mol. The Morgan fingerprint density at radius 3 is 1.30 bits per heavy atom. The molecule has 0 saturated carbocycles. The number of benzene rings is 4. The summed E-state index contributed by atoms with van der Waals surface area (Å²) in [5.41, 5.74) is 3.61. The van der Waals surface area contributed by atoms with Crippen molar-refractivity contribution in [1.82, 2.24) is 0 Å². The summed E-state index contributed by atoms with van der Waals surface area (Å²) in [5.74, 6) is 4.10. The maximum absolute atomic E-state index is 12.7. The predicted octanol–water partition coefficient (Wildman–Crippen LogP) is 8.84. The van der Waals surface area contributed by atoms with Gasteiger partial charge in [-0.25, -0.2) is 0 Å². The number of phenolic OH excluding ortho intramolecular Hbond substituents is 1. The van der Waals surface area contributed by atoms with Crippen LogP contribution in [0.25, 0.3) is 0 Å². The topological polar surface area (TPSA) is 144 Å². The van der Waals surface area contributed by atoms with Gasteiger partial charge in [0, 0.05) is 40.7 Å². The molecule has 0 unspecified atom stereocenters. The standard InChI is InChI=1S/C22H24ClNO6.C20H21NO6.C3H7Br/c1-13-20(14-6-7-16(26-2)17(10-14)30-9-8-23)24(22(13)25)15-11-18(27-3)21(29-5)19(12-15)28-4;1-11-18(12-6-7-15(24-2)14(22)8-12)21(20(11)23)13-9-16(25-3)19(27-5)17(10-13)26-4;1-2-3-4/h6-7,10-12,20H,1,8-9H2,2-5H3;6-10,18,22H,1H2,2-5H3;2-3H2,1H3/t20-;18-;/m11./s1. The van der Waals surface area contributed by atoms with Gasteiger partial charge < -0.3 is 47.7 Å². The van der Waals surface area contributed by atoms with Crippen LogP contribution < -0.4 is 52.4 Å². The van der Waals surface area contributed by atoms with Gasteiger partial charge in [-0.15, -0.1) is 11.6 Å². The molecule has 2 saturated heterocycles. The zero-order chi connectivity index (χ0) is 45.0. The Morgan fingerprint density at radius 2 is 0.967 bits per heavy atom. The van der Waals surface area contributed by atoms with Crippen LogP contribution in [0.15, 0.2) is 85.0 Å². The first-order valence-electron chi connectivity index (χ1n) is 18.8. The lowest BCUT2D eigenvalue weighted by Crippen LogP contribution is -2.48. The summed E-state index contributed by atoms with van der Waals surface area (Å²) in [5, 5.41) is 11.2. The van der Waals surface area contributed by atoms with E-state index in [0.717, 1.165) is 10.9 Å². The fraction of sp³-hybridized carbons (Fsp3) is 0.333. The largest absolute Gasteiger partial charge is 0.504 e. The van der Waals surface area contributed by atoms with Crippen molar-refractivity contribution in [3.05, 3.63) is 96.1 Å². The highest BCUT2D eigenvalue weighted by atomic mass is 79.9. The van der Waals surface area contributed by atoms with Gasteiger partial charge in [-0.3, -0.25) is 19.4 Å². The minimum atomic E-state index is -0.419. The van der Waals surface area contributed by atoms with Gasteiger partial charge in [0.25, 0.3) is 11.8 Å². The van der Waals surface area contributed by atoms with E-state index in [1.165, 1.54) is 56.2 Å². The number of methoxy groups -OCH3 is 8. The van der Waals surface area contributed by atoms with E-state index >= 15 is 0 Å².